The molecule has 0 amide bonds. The van der Waals surface area contributed by atoms with Gasteiger partial charge in [0.05, 0.1) is 5.69 Å². The van der Waals surface area contributed by atoms with Crippen LogP contribution in [0.4, 0.5) is 5.95 Å². The SMILES string of the molecule is NCCC1CCCN(c2nnnn2-c2ccccc2)C1. The highest BCUT2D eigenvalue weighted by molar-refractivity contribution is 5.40. The van der Waals surface area contributed by atoms with Crippen molar-refractivity contribution in [2.75, 3.05) is 24.5 Å². The summed E-state index contributed by atoms with van der Waals surface area (Å²) in [6.07, 6.45) is 3.50. The Morgan fingerprint density at radius 3 is 2.90 bits per heavy atom. The van der Waals surface area contributed by atoms with Crippen LogP contribution in [-0.2, 0) is 0 Å². The van der Waals surface area contributed by atoms with E-state index in [4.69, 9.17) is 5.73 Å². The molecule has 1 aliphatic rings. The molecule has 3 rings (SSSR count). The highest BCUT2D eigenvalue weighted by Crippen LogP contribution is 2.24. The van der Waals surface area contributed by atoms with Gasteiger partial charge in [-0.3, -0.25) is 0 Å². The van der Waals surface area contributed by atoms with Gasteiger partial charge >= 0.3 is 0 Å². The Bertz CT molecular complexity index is 536. The van der Waals surface area contributed by atoms with Gasteiger partial charge in [0, 0.05) is 13.1 Å². The molecule has 1 atom stereocenters. The molecule has 2 N–H and O–H groups in total. The summed E-state index contributed by atoms with van der Waals surface area (Å²) in [7, 11) is 0. The van der Waals surface area contributed by atoms with E-state index in [1.165, 1.54) is 12.8 Å². The molecule has 20 heavy (non-hydrogen) atoms. The Morgan fingerprint density at radius 2 is 2.10 bits per heavy atom. The Hall–Kier alpha value is -1.95. The highest BCUT2D eigenvalue weighted by atomic mass is 15.6. The number of anilines is 1. The molecule has 106 valence electrons. The van der Waals surface area contributed by atoms with E-state index in [0.29, 0.717) is 5.92 Å². The van der Waals surface area contributed by atoms with Crippen molar-refractivity contribution >= 4 is 5.95 Å². The van der Waals surface area contributed by atoms with Gasteiger partial charge in [-0.25, -0.2) is 0 Å². The molecule has 6 heteroatoms. The number of piperidine rings is 1. The zero-order valence-electron chi connectivity index (χ0n) is 11.5. The molecule has 6 nitrogen and oxygen atoms in total. The summed E-state index contributed by atoms with van der Waals surface area (Å²) >= 11 is 0. The summed E-state index contributed by atoms with van der Waals surface area (Å²) < 4.78 is 1.81. The number of para-hydroxylation sites is 1. The lowest BCUT2D eigenvalue weighted by Crippen LogP contribution is -2.37. The van der Waals surface area contributed by atoms with Crippen LogP contribution in [0.15, 0.2) is 30.3 Å². The van der Waals surface area contributed by atoms with Crippen molar-refractivity contribution in [3.05, 3.63) is 30.3 Å². The van der Waals surface area contributed by atoms with E-state index in [1.807, 2.05) is 35.0 Å². The zero-order valence-corrected chi connectivity index (χ0v) is 11.5. The van der Waals surface area contributed by atoms with E-state index in [-0.39, 0.29) is 0 Å². The first-order valence-electron chi connectivity index (χ1n) is 7.17. The molecular weight excluding hydrogens is 252 g/mol. The van der Waals surface area contributed by atoms with Crippen LogP contribution in [0.5, 0.6) is 0 Å². The van der Waals surface area contributed by atoms with Crippen molar-refractivity contribution in [3.63, 3.8) is 0 Å². The van der Waals surface area contributed by atoms with Crippen molar-refractivity contribution < 1.29 is 0 Å². The third-order valence-corrected chi connectivity index (χ3v) is 3.83. The Labute approximate surface area is 118 Å². The van der Waals surface area contributed by atoms with E-state index in [0.717, 1.165) is 37.7 Å². The van der Waals surface area contributed by atoms with Crippen LogP contribution in [0.25, 0.3) is 5.69 Å². The van der Waals surface area contributed by atoms with Crippen LogP contribution in [0, 0.1) is 5.92 Å². The summed E-state index contributed by atoms with van der Waals surface area (Å²) in [5, 5.41) is 12.2. The number of nitrogens with two attached hydrogens (primary N) is 1. The fourth-order valence-corrected chi connectivity index (χ4v) is 2.83. The molecule has 2 heterocycles. The van der Waals surface area contributed by atoms with Gasteiger partial charge in [-0.15, -0.1) is 0 Å². The van der Waals surface area contributed by atoms with Crippen LogP contribution in [-0.4, -0.2) is 39.8 Å². The van der Waals surface area contributed by atoms with Gasteiger partial charge in [0.15, 0.2) is 0 Å². The second kappa shape index (κ2) is 6.00. The first-order chi connectivity index (χ1) is 9.88. The molecule has 1 aromatic heterocycles. The number of hydrogen-bond donors (Lipinski definition) is 1. The third-order valence-electron chi connectivity index (χ3n) is 3.83. The van der Waals surface area contributed by atoms with E-state index in [1.54, 1.807) is 0 Å². The normalized spacial score (nSPS) is 19.2. The standard InChI is InChI=1S/C14H20N6/c15-9-8-12-5-4-10-19(11-12)14-16-17-18-20(14)13-6-2-1-3-7-13/h1-3,6-7,12H,4-5,8-11,15H2. The molecule has 0 radical (unpaired) electrons. The first kappa shape index (κ1) is 13.1. The fourth-order valence-electron chi connectivity index (χ4n) is 2.83. The van der Waals surface area contributed by atoms with Gasteiger partial charge < -0.3 is 10.6 Å². The molecule has 0 aliphatic carbocycles. The maximum absolute atomic E-state index is 5.68. The Balaban J connectivity index is 1.82. The number of aromatic nitrogens is 4. The molecule has 2 aromatic rings. The molecule has 0 bridgehead atoms. The molecular formula is C14H20N6. The van der Waals surface area contributed by atoms with Gasteiger partial charge in [0.1, 0.15) is 0 Å². The first-order valence-corrected chi connectivity index (χ1v) is 7.17. The zero-order chi connectivity index (χ0) is 13.8. The third kappa shape index (κ3) is 2.65. The van der Waals surface area contributed by atoms with Gasteiger partial charge in [0.2, 0.25) is 5.95 Å². The second-order valence-corrected chi connectivity index (χ2v) is 5.26. The predicted molar refractivity (Wildman–Crippen MR) is 77.8 cm³/mol. The maximum Gasteiger partial charge on any atom is 0.250 e. The molecule has 1 saturated heterocycles. The van der Waals surface area contributed by atoms with Crippen LogP contribution in [0.3, 0.4) is 0 Å². The van der Waals surface area contributed by atoms with Crippen LogP contribution >= 0.6 is 0 Å². The van der Waals surface area contributed by atoms with E-state index in [2.05, 4.69) is 20.4 Å². The van der Waals surface area contributed by atoms with Crippen LogP contribution < -0.4 is 10.6 Å². The van der Waals surface area contributed by atoms with Crippen LogP contribution in [0.1, 0.15) is 19.3 Å². The van der Waals surface area contributed by atoms with Crippen molar-refractivity contribution in [2.45, 2.75) is 19.3 Å². The molecule has 0 spiro atoms. The lowest BCUT2D eigenvalue weighted by Gasteiger charge is -2.32. The maximum atomic E-state index is 5.68. The number of hydrogen-bond acceptors (Lipinski definition) is 5. The summed E-state index contributed by atoms with van der Waals surface area (Å²) in [6.45, 7) is 2.75. The molecule has 1 aromatic carbocycles. The number of nitrogens with zero attached hydrogens (tertiary/aromatic N) is 5. The van der Waals surface area contributed by atoms with Gasteiger partial charge in [-0.05, 0) is 54.3 Å². The lowest BCUT2D eigenvalue weighted by atomic mass is 9.95. The van der Waals surface area contributed by atoms with E-state index in [9.17, 15) is 0 Å². The average molecular weight is 272 g/mol. The summed E-state index contributed by atoms with van der Waals surface area (Å²) in [5.41, 5.74) is 6.67. The Kier molecular flexibility index (Phi) is 3.92. The minimum absolute atomic E-state index is 0.648. The monoisotopic (exact) mass is 272 g/mol. The fraction of sp³-hybridized carbons (Fsp3) is 0.500. The molecule has 1 fully saturated rings. The highest BCUT2D eigenvalue weighted by Gasteiger charge is 2.23. The smallest absolute Gasteiger partial charge is 0.250 e. The molecule has 0 saturated carbocycles. The number of rotatable bonds is 4. The second-order valence-electron chi connectivity index (χ2n) is 5.26. The van der Waals surface area contributed by atoms with Gasteiger partial charge in [0.25, 0.3) is 0 Å². The minimum Gasteiger partial charge on any atom is -0.339 e. The lowest BCUT2D eigenvalue weighted by molar-refractivity contribution is 0.391. The van der Waals surface area contributed by atoms with Gasteiger partial charge in [-0.2, -0.15) is 4.68 Å². The largest absolute Gasteiger partial charge is 0.339 e. The summed E-state index contributed by atoms with van der Waals surface area (Å²) in [4.78, 5) is 2.27. The predicted octanol–water partition coefficient (Wildman–Crippen LogP) is 1.23. The topological polar surface area (TPSA) is 72.9 Å². The van der Waals surface area contributed by atoms with Crippen molar-refractivity contribution in [2.24, 2.45) is 11.7 Å². The van der Waals surface area contributed by atoms with E-state index >= 15 is 0 Å². The summed E-state index contributed by atoms with van der Waals surface area (Å²) in [6, 6.07) is 10.0. The number of tetrazole rings is 1. The molecule has 1 aliphatic heterocycles. The number of benzene rings is 1. The van der Waals surface area contributed by atoms with Crippen molar-refractivity contribution in [3.8, 4) is 5.69 Å². The molecule has 1 unspecified atom stereocenters. The van der Waals surface area contributed by atoms with E-state index < -0.39 is 0 Å². The van der Waals surface area contributed by atoms with Gasteiger partial charge in [-0.1, -0.05) is 23.3 Å². The Morgan fingerprint density at radius 1 is 1.25 bits per heavy atom. The minimum atomic E-state index is 0.648. The van der Waals surface area contributed by atoms with Crippen molar-refractivity contribution in [1.29, 1.82) is 0 Å². The quantitative estimate of drug-likeness (QED) is 0.906. The van der Waals surface area contributed by atoms with Crippen molar-refractivity contribution in [1.82, 2.24) is 20.2 Å². The average Bonchev–Trinajstić information content (AvgIpc) is 2.98. The van der Waals surface area contributed by atoms with Crippen LogP contribution in [0.2, 0.25) is 0 Å². The summed E-state index contributed by atoms with van der Waals surface area (Å²) in [5.74, 6) is 1.48.